The molecule has 1 saturated heterocycles. The summed E-state index contributed by atoms with van der Waals surface area (Å²) in [5.41, 5.74) is 0. The molecule has 2 nitrogen and oxygen atoms in total. The van der Waals surface area contributed by atoms with Crippen molar-refractivity contribution in [2.24, 2.45) is 5.92 Å². The van der Waals surface area contributed by atoms with Gasteiger partial charge in [-0.1, -0.05) is 0 Å². The van der Waals surface area contributed by atoms with Gasteiger partial charge in [0.15, 0.2) is 0 Å². The van der Waals surface area contributed by atoms with Gasteiger partial charge in [-0.05, 0) is 51.3 Å². The molecule has 1 aliphatic rings. The normalized spacial score (nSPS) is 23.7. The van der Waals surface area contributed by atoms with E-state index in [2.05, 4.69) is 11.2 Å². The fraction of sp³-hybridized carbons (Fsp3) is 0.909. The number of carbonyl (C=O) groups excluding carboxylic acids is 1. The van der Waals surface area contributed by atoms with E-state index in [1.807, 2.05) is 11.8 Å². The van der Waals surface area contributed by atoms with Gasteiger partial charge in [-0.15, -0.1) is 0 Å². The molecule has 1 atom stereocenters. The first-order chi connectivity index (χ1) is 6.74. The summed E-state index contributed by atoms with van der Waals surface area (Å²) in [5, 5.41) is 0. The Balaban J connectivity index is 2.22. The minimum absolute atomic E-state index is 0.318. The molecule has 0 aliphatic carbocycles. The molecule has 1 heterocycles. The Labute approximate surface area is 91.4 Å². The molecular formula is C11H21NOS. The molecule has 1 rings (SSSR count). The lowest BCUT2D eigenvalue weighted by Gasteiger charge is -2.31. The number of nitrogens with zero attached hydrogens (tertiary/aromatic N) is 1. The van der Waals surface area contributed by atoms with Crippen LogP contribution in [-0.2, 0) is 4.79 Å². The molecule has 3 heteroatoms. The zero-order valence-corrected chi connectivity index (χ0v) is 10.1. The number of hydrogen-bond acceptors (Lipinski definition) is 3. The quantitative estimate of drug-likeness (QED) is 0.655. The third kappa shape index (κ3) is 4.01. The number of carbonyl (C=O) groups is 1. The van der Waals surface area contributed by atoms with E-state index in [1.54, 1.807) is 6.92 Å². The predicted octanol–water partition coefficient (Wildman–Crippen LogP) is 2.04. The molecule has 0 spiro atoms. The molecule has 0 saturated carbocycles. The maximum Gasteiger partial charge on any atom is 0.134 e. The molecule has 0 amide bonds. The van der Waals surface area contributed by atoms with E-state index >= 15 is 0 Å². The number of rotatable bonds is 5. The van der Waals surface area contributed by atoms with Crippen molar-refractivity contribution in [1.29, 1.82) is 0 Å². The monoisotopic (exact) mass is 215 g/mol. The fourth-order valence-corrected chi connectivity index (χ4v) is 2.44. The van der Waals surface area contributed by atoms with Crippen LogP contribution in [0.5, 0.6) is 0 Å². The summed E-state index contributed by atoms with van der Waals surface area (Å²) in [6, 6.07) is 0. The van der Waals surface area contributed by atoms with Crippen LogP contribution in [0.3, 0.4) is 0 Å². The number of thioether (sulfide) groups is 1. The smallest absolute Gasteiger partial charge is 0.134 e. The van der Waals surface area contributed by atoms with Crippen LogP contribution in [0.15, 0.2) is 0 Å². The fourth-order valence-electron chi connectivity index (χ4n) is 2.02. The van der Waals surface area contributed by atoms with E-state index in [0.717, 1.165) is 13.0 Å². The maximum atomic E-state index is 11.2. The Morgan fingerprint density at radius 2 is 2.36 bits per heavy atom. The highest BCUT2D eigenvalue weighted by Crippen LogP contribution is 2.17. The SMILES string of the molecule is CSCCCN1CCCC(C(C)=O)C1. The number of likely N-dealkylation sites (tertiary alicyclic amines) is 1. The average Bonchev–Trinajstić information content (AvgIpc) is 2.19. The summed E-state index contributed by atoms with van der Waals surface area (Å²) >= 11 is 1.90. The van der Waals surface area contributed by atoms with E-state index in [0.29, 0.717) is 11.7 Å². The van der Waals surface area contributed by atoms with E-state index in [4.69, 9.17) is 0 Å². The van der Waals surface area contributed by atoms with Crippen molar-refractivity contribution < 1.29 is 4.79 Å². The van der Waals surface area contributed by atoms with Crippen LogP contribution >= 0.6 is 11.8 Å². The molecule has 0 radical (unpaired) electrons. The average molecular weight is 215 g/mol. The van der Waals surface area contributed by atoms with E-state index < -0.39 is 0 Å². The Kier molecular flexibility index (Phi) is 5.56. The Morgan fingerprint density at radius 3 is 3.00 bits per heavy atom. The third-order valence-corrected chi connectivity index (χ3v) is 3.60. The second-order valence-electron chi connectivity index (χ2n) is 4.10. The first-order valence-corrected chi connectivity index (χ1v) is 6.85. The van der Waals surface area contributed by atoms with Crippen LogP contribution in [0.1, 0.15) is 26.2 Å². The molecule has 0 N–H and O–H groups in total. The molecule has 82 valence electrons. The summed E-state index contributed by atoms with van der Waals surface area (Å²) in [6.07, 6.45) is 5.71. The minimum Gasteiger partial charge on any atom is -0.303 e. The predicted molar refractivity (Wildman–Crippen MR) is 62.8 cm³/mol. The van der Waals surface area contributed by atoms with Crippen LogP contribution in [-0.4, -0.2) is 42.3 Å². The molecule has 14 heavy (non-hydrogen) atoms. The molecule has 1 unspecified atom stereocenters. The van der Waals surface area contributed by atoms with Gasteiger partial charge < -0.3 is 4.90 Å². The van der Waals surface area contributed by atoms with E-state index in [1.165, 1.54) is 31.7 Å². The van der Waals surface area contributed by atoms with E-state index in [9.17, 15) is 4.79 Å². The summed E-state index contributed by atoms with van der Waals surface area (Å²) in [4.78, 5) is 13.7. The van der Waals surface area contributed by atoms with Gasteiger partial charge in [0, 0.05) is 12.5 Å². The van der Waals surface area contributed by atoms with Crippen molar-refractivity contribution in [1.82, 2.24) is 4.90 Å². The lowest BCUT2D eigenvalue weighted by molar-refractivity contribution is -0.122. The maximum absolute atomic E-state index is 11.2. The van der Waals surface area contributed by atoms with Gasteiger partial charge in [0.1, 0.15) is 5.78 Å². The summed E-state index contributed by atoms with van der Waals surface area (Å²) in [6.45, 7) is 5.10. The zero-order valence-electron chi connectivity index (χ0n) is 9.29. The third-order valence-electron chi connectivity index (χ3n) is 2.90. The van der Waals surface area contributed by atoms with Crippen LogP contribution in [0.2, 0.25) is 0 Å². The second kappa shape index (κ2) is 6.46. The summed E-state index contributed by atoms with van der Waals surface area (Å²) in [5.74, 6) is 1.93. The van der Waals surface area contributed by atoms with Crippen LogP contribution in [0.25, 0.3) is 0 Å². The van der Waals surface area contributed by atoms with Crippen LogP contribution in [0.4, 0.5) is 0 Å². The van der Waals surface area contributed by atoms with Gasteiger partial charge in [0.05, 0.1) is 0 Å². The van der Waals surface area contributed by atoms with Gasteiger partial charge in [0.2, 0.25) is 0 Å². The molecule has 1 aliphatic heterocycles. The highest BCUT2D eigenvalue weighted by atomic mass is 32.2. The minimum atomic E-state index is 0.318. The highest BCUT2D eigenvalue weighted by molar-refractivity contribution is 7.98. The Bertz CT molecular complexity index is 184. The van der Waals surface area contributed by atoms with Gasteiger partial charge in [-0.2, -0.15) is 11.8 Å². The molecule has 1 fully saturated rings. The second-order valence-corrected chi connectivity index (χ2v) is 5.08. The number of piperidine rings is 1. The van der Waals surface area contributed by atoms with Gasteiger partial charge in [-0.3, -0.25) is 4.79 Å². The molecule has 0 aromatic rings. The van der Waals surface area contributed by atoms with Gasteiger partial charge >= 0.3 is 0 Å². The van der Waals surface area contributed by atoms with Crippen molar-refractivity contribution in [3.05, 3.63) is 0 Å². The first-order valence-electron chi connectivity index (χ1n) is 5.45. The van der Waals surface area contributed by atoms with Crippen molar-refractivity contribution in [2.75, 3.05) is 31.6 Å². The summed E-state index contributed by atoms with van der Waals surface area (Å²) in [7, 11) is 0. The number of ketones is 1. The van der Waals surface area contributed by atoms with Crippen LogP contribution in [0, 0.1) is 5.92 Å². The van der Waals surface area contributed by atoms with Crippen LogP contribution < -0.4 is 0 Å². The molecule has 0 aromatic heterocycles. The molecule has 0 aromatic carbocycles. The van der Waals surface area contributed by atoms with Gasteiger partial charge in [-0.25, -0.2) is 0 Å². The molecule has 0 bridgehead atoms. The summed E-state index contributed by atoms with van der Waals surface area (Å²) < 4.78 is 0. The first kappa shape index (κ1) is 12.1. The topological polar surface area (TPSA) is 20.3 Å². The molecular weight excluding hydrogens is 194 g/mol. The van der Waals surface area contributed by atoms with Crippen molar-refractivity contribution in [2.45, 2.75) is 26.2 Å². The van der Waals surface area contributed by atoms with Crippen molar-refractivity contribution in [3.8, 4) is 0 Å². The van der Waals surface area contributed by atoms with Gasteiger partial charge in [0.25, 0.3) is 0 Å². The number of Topliss-reactive ketones (excluding diaryl/α,β-unsaturated/α-hetero) is 1. The van der Waals surface area contributed by atoms with E-state index in [-0.39, 0.29) is 0 Å². The number of hydrogen-bond donors (Lipinski definition) is 0. The van der Waals surface area contributed by atoms with Crippen molar-refractivity contribution >= 4 is 17.5 Å². The standard InChI is InChI=1S/C11H21NOS/c1-10(13)11-5-3-6-12(9-11)7-4-8-14-2/h11H,3-9H2,1-2H3. The highest BCUT2D eigenvalue weighted by Gasteiger charge is 2.22. The Hall–Kier alpha value is -0.0200. The lowest BCUT2D eigenvalue weighted by atomic mass is 9.94. The van der Waals surface area contributed by atoms with Crippen molar-refractivity contribution in [3.63, 3.8) is 0 Å². The Morgan fingerprint density at radius 1 is 1.57 bits per heavy atom. The lowest BCUT2D eigenvalue weighted by Crippen LogP contribution is -2.38. The largest absolute Gasteiger partial charge is 0.303 e. The zero-order chi connectivity index (χ0) is 10.4.